The molecule has 0 aliphatic rings. The summed E-state index contributed by atoms with van der Waals surface area (Å²) >= 11 is 7.64. The molecular formula is C15H19ClN4OS. The number of benzene rings is 1. The lowest BCUT2D eigenvalue weighted by atomic mass is 10.1. The molecule has 1 aromatic heterocycles. The summed E-state index contributed by atoms with van der Waals surface area (Å²) in [6.45, 7) is 0.795. The molecule has 1 atom stereocenters. The summed E-state index contributed by atoms with van der Waals surface area (Å²) in [6, 6.07) is 7.64. The first-order valence-electron chi connectivity index (χ1n) is 6.86. The van der Waals surface area contributed by atoms with Crippen LogP contribution in [0.25, 0.3) is 0 Å². The largest absolute Gasteiger partial charge is 0.349 e. The molecule has 5 nitrogen and oxygen atoms in total. The number of rotatable bonds is 6. The monoisotopic (exact) mass is 338 g/mol. The van der Waals surface area contributed by atoms with Gasteiger partial charge < -0.3 is 16.0 Å². The number of nitrogens with two attached hydrogens (primary N) is 1. The fourth-order valence-corrected chi connectivity index (χ4v) is 3.02. The normalized spacial score (nSPS) is 12.4. The second-order valence-electron chi connectivity index (χ2n) is 5.04. The van der Waals surface area contributed by atoms with Gasteiger partial charge in [-0.1, -0.05) is 29.8 Å². The highest BCUT2D eigenvalue weighted by molar-refractivity contribution is 7.09. The van der Waals surface area contributed by atoms with Crippen LogP contribution in [0.5, 0.6) is 0 Å². The topological polar surface area (TPSA) is 71.2 Å². The van der Waals surface area contributed by atoms with Crippen molar-refractivity contribution in [3.8, 4) is 0 Å². The number of carbonyl (C=O) groups is 1. The zero-order chi connectivity index (χ0) is 16.1. The van der Waals surface area contributed by atoms with E-state index in [0.717, 1.165) is 10.6 Å². The Bertz CT molecular complexity index is 644. The molecule has 2 aromatic rings. The minimum Gasteiger partial charge on any atom is -0.349 e. The highest BCUT2D eigenvalue weighted by Crippen LogP contribution is 2.25. The van der Waals surface area contributed by atoms with Crippen molar-refractivity contribution in [1.29, 1.82) is 0 Å². The molecule has 7 heteroatoms. The molecule has 118 valence electrons. The van der Waals surface area contributed by atoms with Gasteiger partial charge in [-0.3, -0.25) is 4.79 Å². The fraction of sp³-hybridized carbons (Fsp3) is 0.333. The van der Waals surface area contributed by atoms with Gasteiger partial charge in [-0.15, -0.1) is 11.3 Å². The number of halogens is 1. The van der Waals surface area contributed by atoms with Crippen LogP contribution in [0.2, 0.25) is 5.02 Å². The lowest BCUT2D eigenvalue weighted by Crippen LogP contribution is -2.34. The highest BCUT2D eigenvalue weighted by Gasteiger charge is 2.19. The number of hydrogen-bond acceptors (Lipinski definition) is 5. The van der Waals surface area contributed by atoms with Gasteiger partial charge in [0.05, 0.1) is 6.04 Å². The molecule has 1 aromatic carbocycles. The Morgan fingerprint density at radius 2 is 2.18 bits per heavy atom. The molecule has 3 N–H and O–H groups in total. The number of thiazole rings is 1. The van der Waals surface area contributed by atoms with Gasteiger partial charge in [-0.2, -0.15) is 0 Å². The van der Waals surface area contributed by atoms with Crippen molar-refractivity contribution in [2.24, 2.45) is 5.73 Å². The van der Waals surface area contributed by atoms with Crippen LogP contribution in [0.1, 0.15) is 27.1 Å². The Morgan fingerprint density at radius 3 is 2.77 bits per heavy atom. The summed E-state index contributed by atoms with van der Waals surface area (Å²) in [5.74, 6) is -0.199. The van der Waals surface area contributed by atoms with Crippen molar-refractivity contribution in [2.75, 3.05) is 20.6 Å². The van der Waals surface area contributed by atoms with Gasteiger partial charge in [0.1, 0.15) is 10.7 Å². The minimum atomic E-state index is -0.199. The summed E-state index contributed by atoms with van der Waals surface area (Å²) in [5, 5.41) is 6.07. The molecular weight excluding hydrogens is 320 g/mol. The zero-order valence-electron chi connectivity index (χ0n) is 12.5. The molecule has 0 radical (unpaired) electrons. The first-order valence-corrected chi connectivity index (χ1v) is 8.12. The first-order chi connectivity index (χ1) is 10.5. The van der Waals surface area contributed by atoms with Crippen LogP contribution in [-0.2, 0) is 6.54 Å². The van der Waals surface area contributed by atoms with Crippen molar-refractivity contribution in [3.63, 3.8) is 0 Å². The minimum absolute atomic E-state index is 0.00901. The van der Waals surface area contributed by atoms with Crippen LogP contribution in [-0.4, -0.2) is 36.4 Å². The van der Waals surface area contributed by atoms with E-state index < -0.39 is 0 Å². The highest BCUT2D eigenvalue weighted by atomic mass is 35.5. The summed E-state index contributed by atoms with van der Waals surface area (Å²) in [7, 11) is 3.91. The van der Waals surface area contributed by atoms with Crippen LogP contribution >= 0.6 is 22.9 Å². The molecule has 0 aliphatic heterocycles. The van der Waals surface area contributed by atoms with E-state index in [9.17, 15) is 4.79 Å². The van der Waals surface area contributed by atoms with Gasteiger partial charge in [0, 0.05) is 23.5 Å². The van der Waals surface area contributed by atoms with Crippen LogP contribution in [0.15, 0.2) is 29.6 Å². The maximum absolute atomic E-state index is 12.2. The first kappa shape index (κ1) is 16.9. The van der Waals surface area contributed by atoms with Crippen molar-refractivity contribution in [1.82, 2.24) is 15.2 Å². The number of nitrogens with zero attached hydrogens (tertiary/aromatic N) is 2. The third-order valence-corrected chi connectivity index (χ3v) is 4.52. The predicted molar refractivity (Wildman–Crippen MR) is 90.2 cm³/mol. The Morgan fingerprint density at radius 1 is 1.45 bits per heavy atom. The Balaban J connectivity index is 2.06. The lowest BCUT2D eigenvalue weighted by Gasteiger charge is -2.25. The summed E-state index contributed by atoms with van der Waals surface area (Å²) in [5.41, 5.74) is 6.90. The van der Waals surface area contributed by atoms with Gasteiger partial charge in [-0.25, -0.2) is 4.98 Å². The number of hydrogen-bond donors (Lipinski definition) is 2. The maximum atomic E-state index is 12.2. The smallest absolute Gasteiger partial charge is 0.270 e. The van der Waals surface area contributed by atoms with Crippen LogP contribution in [0.4, 0.5) is 0 Å². The number of aromatic nitrogens is 1. The van der Waals surface area contributed by atoms with Gasteiger partial charge in [0.15, 0.2) is 0 Å². The molecule has 0 saturated carbocycles. The SMILES string of the molecule is CN(C)C(CNC(=O)c1csc(CN)n1)c1ccccc1Cl. The zero-order valence-corrected chi connectivity index (χ0v) is 14.1. The van der Waals surface area contributed by atoms with E-state index in [1.165, 1.54) is 11.3 Å². The van der Waals surface area contributed by atoms with Gasteiger partial charge >= 0.3 is 0 Å². The molecule has 2 rings (SSSR count). The third-order valence-electron chi connectivity index (χ3n) is 3.30. The Hall–Kier alpha value is -1.47. The van der Waals surface area contributed by atoms with E-state index in [4.69, 9.17) is 17.3 Å². The second-order valence-corrected chi connectivity index (χ2v) is 6.39. The van der Waals surface area contributed by atoms with Gasteiger partial charge in [-0.05, 0) is 25.7 Å². The summed E-state index contributed by atoms with van der Waals surface area (Å²) in [6.07, 6.45) is 0. The second kappa shape index (κ2) is 7.69. The number of amides is 1. The van der Waals surface area contributed by atoms with E-state index in [0.29, 0.717) is 23.8 Å². The molecule has 1 unspecified atom stereocenters. The summed E-state index contributed by atoms with van der Waals surface area (Å²) in [4.78, 5) is 18.4. The van der Waals surface area contributed by atoms with Crippen LogP contribution < -0.4 is 11.1 Å². The predicted octanol–water partition coefficient (Wildman–Crippen LogP) is 2.29. The number of nitrogens with one attached hydrogen (secondary N) is 1. The average molecular weight is 339 g/mol. The standard InChI is InChI=1S/C15H19ClN4OS/c1-20(2)13(10-5-3-4-6-11(10)16)8-18-15(21)12-9-22-14(7-17)19-12/h3-6,9,13H,7-8,17H2,1-2H3,(H,18,21). The van der Waals surface area contributed by atoms with Crippen LogP contribution in [0.3, 0.4) is 0 Å². The molecule has 0 saturated heterocycles. The van der Waals surface area contributed by atoms with Crippen molar-refractivity contribution >= 4 is 28.8 Å². The Labute approximate surface area is 139 Å². The van der Waals surface area contributed by atoms with Crippen molar-refractivity contribution in [2.45, 2.75) is 12.6 Å². The molecule has 1 amide bonds. The van der Waals surface area contributed by atoms with Gasteiger partial charge in [0.2, 0.25) is 0 Å². The van der Waals surface area contributed by atoms with Crippen molar-refractivity contribution < 1.29 is 4.79 Å². The van der Waals surface area contributed by atoms with Crippen LogP contribution in [0, 0.1) is 0 Å². The lowest BCUT2D eigenvalue weighted by molar-refractivity contribution is 0.0937. The van der Waals surface area contributed by atoms with Gasteiger partial charge in [0.25, 0.3) is 5.91 Å². The van der Waals surface area contributed by atoms with E-state index in [-0.39, 0.29) is 11.9 Å². The maximum Gasteiger partial charge on any atom is 0.270 e. The van der Waals surface area contributed by atoms with Crippen molar-refractivity contribution in [3.05, 3.63) is 50.9 Å². The molecule has 0 aliphatic carbocycles. The average Bonchev–Trinajstić information content (AvgIpc) is 2.97. The fourth-order valence-electron chi connectivity index (χ4n) is 2.10. The van der Waals surface area contributed by atoms with E-state index in [2.05, 4.69) is 10.3 Å². The molecule has 0 spiro atoms. The van der Waals surface area contributed by atoms with E-state index in [1.54, 1.807) is 5.38 Å². The molecule has 1 heterocycles. The third kappa shape index (κ3) is 4.04. The molecule has 0 fully saturated rings. The van der Waals surface area contributed by atoms with E-state index >= 15 is 0 Å². The molecule has 0 bridgehead atoms. The molecule has 22 heavy (non-hydrogen) atoms. The summed E-state index contributed by atoms with van der Waals surface area (Å²) < 4.78 is 0. The number of likely N-dealkylation sites (N-methyl/N-ethyl adjacent to an activating group) is 1. The quantitative estimate of drug-likeness (QED) is 0.847. The Kier molecular flexibility index (Phi) is 5.90. The van der Waals surface area contributed by atoms with E-state index in [1.807, 2.05) is 43.3 Å². The number of carbonyl (C=O) groups excluding carboxylic acids is 1.